The second-order valence-electron chi connectivity index (χ2n) is 4.32. The maximum atomic E-state index is 12.0. The van der Waals surface area contributed by atoms with Crippen molar-refractivity contribution < 1.29 is 13.2 Å². The van der Waals surface area contributed by atoms with Gasteiger partial charge in [0.15, 0.2) is 5.96 Å². The lowest BCUT2D eigenvalue weighted by Gasteiger charge is -2.13. The molecule has 1 aromatic carbocycles. The van der Waals surface area contributed by atoms with Crippen molar-refractivity contribution in [2.45, 2.75) is 19.0 Å². The molecule has 118 valence electrons. The van der Waals surface area contributed by atoms with E-state index in [9.17, 15) is 13.2 Å². The third kappa shape index (κ3) is 8.02. The molecule has 21 heavy (non-hydrogen) atoms. The summed E-state index contributed by atoms with van der Waals surface area (Å²) in [4.78, 5) is 3.85. The van der Waals surface area contributed by atoms with E-state index in [1.54, 1.807) is 18.2 Å². The van der Waals surface area contributed by atoms with Gasteiger partial charge in [-0.1, -0.05) is 23.2 Å². The zero-order valence-electron chi connectivity index (χ0n) is 11.4. The highest BCUT2D eigenvalue weighted by molar-refractivity contribution is 6.34. The molecule has 8 heteroatoms. The van der Waals surface area contributed by atoms with E-state index in [0.717, 1.165) is 5.56 Å². The van der Waals surface area contributed by atoms with Crippen molar-refractivity contribution in [1.29, 1.82) is 0 Å². The summed E-state index contributed by atoms with van der Waals surface area (Å²) in [7, 11) is 1.50. The van der Waals surface area contributed by atoms with Crippen molar-refractivity contribution in [2.75, 3.05) is 20.1 Å². The molecule has 1 rings (SSSR count). The van der Waals surface area contributed by atoms with Gasteiger partial charge in [-0.25, -0.2) is 0 Å². The van der Waals surface area contributed by atoms with Crippen LogP contribution in [0, 0.1) is 0 Å². The van der Waals surface area contributed by atoms with Crippen molar-refractivity contribution in [2.24, 2.45) is 4.99 Å². The van der Waals surface area contributed by atoms with Crippen LogP contribution >= 0.6 is 23.2 Å². The number of benzene rings is 1. The first kappa shape index (κ1) is 17.9. The van der Waals surface area contributed by atoms with E-state index in [-0.39, 0.29) is 6.54 Å². The van der Waals surface area contributed by atoms with Crippen LogP contribution in [0.25, 0.3) is 0 Å². The second-order valence-corrected chi connectivity index (χ2v) is 5.19. The molecule has 0 heterocycles. The molecular weight excluding hydrogens is 326 g/mol. The Morgan fingerprint density at radius 1 is 1.10 bits per heavy atom. The summed E-state index contributed by atoms with van der Waals surface area (Å²) < 4.78 is 36.1. The van der Waals surface area contributed by atoms with Crippen LogP contribution in [-0.4, -0.2) is 32.3 Å². The lowest BCUT2D eigenvalue weighted by Crippen LogP contribution is -2.39. The number of hydrogen-bond donors (Lipinski definition) is 2. The number of nitrogens with zero attached hydrogens (tertiary/aromatic N) is 1. The highest BCUT2D eigenvalue weighted by Crippen LogP contribution is 2.19. The molecule has 0 aliphatic carbocycles. The van der Waals surface area contributed by atoms with Crippen molar-refractivity contribution in [3.05, 3.63) is 33.8 Å². The molecule has 0 bridgehead atoms. The third-order valence-electron chi connectivity index (χ3n) is 2.55. The van der Waals surface area contributed by atoms with Gasteiger partial charge in [0.2, 0.25) is 0 Å². The average Bonchev–Trinajstić information content (AvgIpc) is 2.34. The van der Waals surface area contributed by atoms with E-state index < -0.39 is 12.6 Å². The predicted molar refractivity (Wildman–Crippen MR) is 80.2 cm³/mol. The zero-order chi connectivity index (χ0) is 15.9. The molecule has 0 fully saturated rings. The van der Waals surface area contributed by atoms with Crippen molar-refractivity contribution in [3.8, 4) is 0 Å². The highest BCUT2D eigenvalue weighted by Gasteiger charge is 2.26. The molecule has 0 aromatic heterocycles. The van der Waals surface area contributed by atoms with Gasteiger partial charge in [-0.05, 0) is 30.2 Å². The van der Waals surface area contributed by atoms with Gasteiger partial charge in [-0.15, -0.1) is 0 Å². The molecule has 0 spiro atoms. The number of hydrogen-bond acceptors (Lipinski definition) is 1. The topological polar surface area (TPSA) is 36.4 Å². The fourth-order valence-electron chi connectivity index (χ4n) is 1.62. The first-order valence-corrected chi connectivity index (χ1v) is 7.02. The standard InChI is InChI=1S/C13H16Cl2F3N3/c1-19-12(21-5-3-13(16,17)18)20-4-2-9-6-10(14)8-11(15)7-9/h6-8H,2-5H2,1H3,(H2,19,20,21). The molecule has 0 aliphatic rings. The van der Waals surface area contributed by atoms with E-state index in [4.69, 9.17) is 23.2 Å². The van der Waals surface area contributed by atoms with Gasteiger partial charge < -0.3 is 10.6 Å². The average molecular weight is 342 g/mol. The molecule has 0 saturated carbocycles. The van der Waals surface area contributed by atoms with Crippen LogP contribution in [0.2, 0.25) is 10.0 Å². The summed E-state index contributed by atoms with van der Waals surface area (Å²) in [5, 5.41) is 6.62. The fraction of sp³-hybridized carbons (Fsp3) is 0.462. The number of aliphatic imine (C=N–C) groups is 1. The van der Waals surface area contributed by atoms with Gasteiger partial charge in [0.05, 0.1) is 6.42 Å². The third-order valence-corrected chi connectivity index (χ3v) is 2.99. The van der Waals surface area contributed by atoms with Crippen LogP contribution in [-0.2, 0) is 6.42 Å². The number of alkyl halides is 3. The first-order chi connectivity index (χ1) is 9.80. The summed E-state index contributed by atoms with van der Waals surface area (Å²) in [6, 6.07) is 5.21. The van der Waals surface area contributed by atoms with Gasteiger partial charge in [0.25, 0.3) is 0 Å². The Kier molecular flexibility index (Phi) is 7.11. The Labute approximate surface area is 131 Å². The first-order valence-electron chi connectivity index (χ1n) is 6.26. The van der Waals surface area contributed by atoms with Crippen LogP contribution in [0.3, 0.4) is 0 Å². The van der Waals surface area contributed by atoms with Gasteiger partial charge in [-0.3, -0.25) is 4.99 Å². The zero-order valence-corrected chi connectivity index (χ0v) is 12.9. The maximum Gasteiger partial charge on any atom is 0.390 e. The van der Waals surface area contributed by atoms with Crippen LogP contribution in [0.5, 0.6) is 0 Å². The minimum absolute atomic E-state index is 0.216. The van der Waals surface area contributed by atoms with E-state index in [2.05, 4.69) is 15.6 Å². The number of halogens is 5. The predicted octanol–water partition coefficient (Wildman–Crippen LogP) is 3.65. The number of rotatable bonds is 5. The summed E-state index contributed by atoms with van der Waals surface area (Å²) in [6.45, 7) is 0.286. The van der Waals surface area contributed by atoms with Gasteiger partial charge in [0.1, 0.15) is 0 Å². The van der Waals surface area contributed by atoms with Gasteiger partial charge in [0, 0.05) is 30.2 Å². The lowest BCUT2D eigenvalue weighted by atomic mass is 10.1. The van der Waals surface area contributed by atoms with E-state index in [1.165, 1.54) is 7.05 Å². The Bertz CT molecular complexity index is 470. The molecule has 0 aliphatic heterocycles. The van der Waals surface area contributed by atoms with Crippen LogP contribution in [0.4, 0.5) is 13.2 Å². The maximum absolute atomic E-state index is 12.0. The molecular formula is C13H16Cl2F3N3. The normalized spacial score (nSPS) is 12.4. The van der Waals surface area contributed by atoms with E-state index in [1.807, 2.05) is 0 Å². The molecule has 0 saturated heterocycles. The summed E-state index contributed by atoms with van der Waals surface area (Å²) in [5.74, 6) is 0.326. The molecule has 2 N–H and O–H groups in total. The second kappa shape index (κ2) is 8.34. The summed E-state index contributed by atoms with van der Waals surface area (Å²) in [5.41, 5.74) is 0.936. The number of nitrogens with one attached hydrogen (secondary N) is 2. The molecule has 0 radical (unpaired) electrons. The Morgan fingerprint density at radius 3 is 2.19 bits per heavy atom. The van der Waals surface area contributed by atoms with E-state index >= 15 is 0 Å². The Hall–Kier alpha value is -1.14. The summed E-state index contributed by atoms with van der Waals surface area (Å²) in [6.07, 6.45) is -4.46. The molecule has 3 nitrogen and oxygen atoms in total. The SMILES string of the molecule is CN=C(NCCc1cc(Cl)cc(Cl)c1)NCCC(F)(F)F. The monoisotopic (exact) mass is 341 g/mol. The van der Waals surface area contributed by atoms with E-state index in [0.29, 0.717) is 29.0 Å². The van der Waals surface area contributed by atoms with Crippen molar-refractivity contribution >= 4 is 29.2 Å². The molecule has 1 aromatic rings. The smallest absolute Gasteiger partial charge is 0.356 e. The fourth-order valence-corrected chi connectivity index (χ4v) is 2.20. The minimum atomic E-state index is -4.18. The molecule has 0 atom stereocenters. The Morgan fingerprint density at radius 2 is 1.67 bits per heavy atom. The highest BCUT2D eigenvalue weighted by atomic mass is 35.5. The largest absolute Gasteiger partial charge is 0.390 e. The van der Waals surface area contributed by atoms with Crippen molar-refractivity contribution in [1.82, 2.24) is 10.6 Å². The quantitative estimate of drug-likeness (QED) is 0.633. The van der Waals surface area contributed by atoms with Gasteiger partial charge >= 0.3 is 6.18 Å². The van der Waals surface area contributed by atoms with Gasteiger partial charge in [-0.2, -0.15) is 13.2 Å². The van der Waals surface area contributed by atoms with Crippen LogP contribution in [0.1, 0.15) is 12.0 Å². The van der Waals surface area contributed by atoms with Crippen molar-refractivity contribution in [3.63, 3.8) is 0 Å². The van der Waals surface area contributed by atoms with Crippen LogP contribution < -0.4 is 10.6 Å². The molecule has 0 amide bonds. The minimum Gasteiger partial charge on any atom is -0.356 e. The van der Waals surface area contributed by atoms with Crippen LogP contribution in [0.15, 0.2) is 23.2 Å². The molecule has 0 unspecified atom stereocenters. The Balaban J connectivity index is 2.35. The lowest BCUT2D eigenvalue weighted by molar-refractivity contribution is -0.132. The summed E-state index contributed by atoms with van der Waals surface area (Å²) >= 11 is 11.8. The number of guanidine groups is 1.